The van der Waals surface area contributed by atoms with E-state index in [1.807, 2.05) is 50.2 Å². The first-order chi connectivity index (χ1) is 17.0. The Morgan fingerprint density at radius 3 is 2.31 bits per heavy atom. The van der Waals surface area contributed by atoms with Crippen molar-refractivity contribution in [3.05, 3.63) is 82.9 Å². The van der Waals surface area contributed by atoms with Crippen LogP contribution < -0.4 is 4.90 Å². The van der Waals surface area contributed by atoms with Crippen molar-refractivity contribution in [3.63, 3.8) is 0 Å². The molecule has 2 aliphatic heterocycles. The van der Waals surface area contributed by atoms with Crippen LogP contribution in [0.2, 0.25) is 5.04 Å². The van der Waals surface area contributed by atoms with E-state index in [1.54, 1.807) is 17.8 Å². The molecular formula is C29H30N2O3SSi. The van der Waals surface area contributed by atoms with Gasteiger partial charge in [0.05, 0.1) is 34.6 Å². The van der Waals surface area contributed by atoms with Crippen molar-refractivity contribution in [3.8, 4) is 0 Å². The second-order valence-electron chi connectivity index (χ2n) is 10.8. The highest BCUT2D eigenvalue weighted by molar-refractivity contribution is 7.99. The first-order valence-corrected chi connectivity index (χ1v) is 13.8. The molecule has 0 N–H and O–H groups in total. The van der Waals surface area contributed by atoms with Crippen LogP contribution in [-0.4, -0.2) is 33.5 Å². The molecule has 0 spiro atoms. The third kappa shape index (κ3) is 4.40. The van der Waals surface area contributed by atoms with Crippen LogP contribution in [0.1, 0.15) is 66.5 Å². The third-order valence-electron chi connectivity index (χ3n) is 6.48. The van der Waals surface area contributed by atoms with Gasteiger partial charge in [-0.15, -0.1) is 0 Å². The van der Waals surface area contributed by atoms with E-state index >= 15 is 0 Å². The molecule has 36 heavy (non-hydrogen) atoms. The summed E-state index contributed by atoms with van der Waals surface area (Å²) in [7, 11) is 2.36. The molecule has 0 fully saturated rings. The van der Waals surface area contributed by atoms with E-state index in [0.717, 1.165) is 32.3 Å². The number of hydrogen-bond acceptors (Lipinski definition) is 5. The first-order valence-electron chi connectivity index (χ1n) is 12.0. The van der Waals surface area contributed by atoms with Gasteiger partial charge in [0, 0.05) is 16.8 Å². The second-order valence-corrected chi connectivity index (χ2v) is 13.8. The van der Waals surface area contributed by atoms with Gasteiger partial charge in [0.25, 0.3) is 11.8 Å². The van der Waals surface area contributed by atoms with Crippen molar-refractivity contribution < 1.29 is 14.0 Å². The van der Waals surface area contributed by atoms with E-state index in [4.69, 9.17) is 4.43 Å². The van der Waals surface area contributed by atoms with Gasteiger partial charge in [-0.3, -0.25) is 14.5 Å². The van der Waals surface area contributed by atoms with Crippen LogP contribution in [0.25, 0.3) is 0 Å². The van der Waals surface area contributed by atoms with Gasteiger partial charge >= 0.3 is 0 Å². The second kappa shape index (κ2) is 8.90. The summed E-state index contributed by atoms with van der Waals surface area (Å²) in [4.78, 5) is 32.6. The Labute approximate surface area is 219 Å². The molecule has 0 aromatic heterocycles. The van der Waals surface area contributed by atoms with Gasteiger partial charge in [-0.25, -0.2) is 0 Å². The van der Waals surface area contributed by atoms with Crippen LogP contribution in [0, 0.1) is 0 Å². The Bertz CT molecular complexity index is 1380. The van der Waals surface area contributed by atoms with E-state index in [9.17, 15) is 9.59 Å². The van der Waals surface area contributed by atoms with Crippen molar-refractivity contribution in [1.82, 2.24) is 4.90 Å². The highest BCUT2D eigenvalue weighted by Gasteiger charge is 2.38. The zero-order valence-electron chi connectivity index (χ0n) is 21.5. The smallest absolute Gasteiger partial charge is 0.261 e. The lowest BCUT2D eigenvalue weighted by Crippen LogP contribution is -2.30. The minimum absolute atomic E-state index is 0.0536. The van der Waals surface area contributed by atoms with Crippen LogP contribution in [0.5, 0.6) is 0 Å². The third-order valence-corrected chi connectivity index (χ3v) is 8.95. The van der Waals surface area contributed by atoms with E-state index in [1.165, 1.54) is 4.90 Å². The first kappa shape index (κ1) is 24.8. The van der Waals surface area contributed by atoms with Crippen molar-refractivity contribution in [2.24, 2.45) is 0 Å². The summed E-state index contributed by atoms with van der Waals surface area (Å²) < 4.78 is 6.24. The number of rotatable bonds is 5. The lowest BCUT2D eigenvalue weighted by atomic mass is 9.95. The molecule has 3 aromatic carbocycles. The lowest BCUT2D eigenvalue weighted by molar-refractivity contribution is 0.0641. The van der Waals surface area contributed by atoms with Crippen LogP contribution in [0.3, 0.4) is 0 Å². The number of fused-ring (bicyclic) bond motifs is 3. The highest BCUT2D eigenvalue weighted by atomic mass is 32.2. The number of carbonyl (C=O) groups is 2. The fraction of sp³-hybridized carbons (Fsp3) is 0.310. The van der Waals surface area contributed by atoms with Crippen molar-refractivity contribution >= 4 is 44.7 Å². The van der Waals surface area contributed by atoms with Crippen molar-refractivity contribution in [1.29, 1.82) is 0 Å². The molecule has 0 atom stereocenters. The molecule has 2 amide bonds. The van der Waals surface area contributed by atoms with Gasteiger partial charge in [-0.05, 0) is 60.3 Å². The number of anilines is 2. The van der Waals surface area contributed by atoms with Crippen LogP contribution in [0.15, 0.2) is 70.5 Å². The van der Waals surface area contributed by atoms with E-state index in [0.29, 0.717) is 20.9 Å². The minimum atomic E-state index is -0.565. The van der Waals surface area contributed by atoms with E-state index in [-0.39, 0.29) is 23.4 Å². The summed E-state index contributed by atoms with van der Waals surface area (Å²) in [6.45, 7) is 10.7. The lowest BCUT2D eigenvalue weighted by Gasteiger charge is -2.31. The summed E-state index contributed by atoms with van der Waals surface area (Å²) in [5.41, 5.74) is 4.43. The number of nitrogens with zero attached hydrogens (tertiary/aromatic N) is 2. The quantitative estimate of drug-likeness (QED) is 0.277. The van der Waals surface area contributed by atoms with Crippen molar-refractivity contribution in [2.45, 2.75) is 61.6 Å². The molecule has 2 aliphatic rings. The number of carbonyl (C=O) groups excluding carboxylic acids is 2. The van der Waals surface area contributed by atoms with Crippen molar-refractivity contribution in [2.75, 3.05) is 11.9 Å². The molecular weight excluding hydrogens is 484 g/mol. The Morgan fingerprint density at radius 1 is 0.861 bits per heavy atom. The van der Waals surface area contributed by atoms with Gasteiger partial charge in [-0.2, -0.15) is 0 Å². The molecule has 2 heterocycles. The molecule has 5 rings (SSSR count). The standard InChI is InChI=1S/C29H30N2O3SSi/c1-28(2,3)36-34-29(4,5)19-14-15-20-21(16-19)27(33)31(26(20)32)17-18-10-9-12-23-25(18)35-24-13-8-7-11-22(24)30(23)6/h7-16H,17H2,1-6H3. The normalized spacial score (nSPS) is 15.2. The number of para-hydroxylation sites is 1. The Morgan fingerprint density at radius 2 is 1.56 bits per heavy atom. The zero-order valence-corrected chi connectivity index (χ0v) is 23.3. The fourth-order valence-corrected chi connectivity index (χ4v) is 6.39. The molecule has 0 saturated heterocycles. The van der Waals surface area contributed by atoms with Gasteiger partial charge in [0.15, 0.2) is 0 Å². The van der Waals surface area contributed by atoms with Gasteiger partial charge in [-0.1, -0.05) is 62.9 Å². The van der Waals surface area contributed by atoms with Gasteiger partial charge < -0.3 is 9.33 Å². The number of amides is 2. The number of benzene rings is 3. The Balaban J connectivity index is 1.42. The monoisotopic (exact) mass is 514 g/mol. The fourth-order valence-electron chi connectivity index (χ4n) is 4.46. The average Bonchev–Trinajstić information content (AvgIpc) is 3.07. The molecule has 5 nitrogen and oxygen atoms in total. The van der Waals surface area contributed by atoms with Gasteiger partial charge in [0.2, 0.25) is 9.76 Å². The zero-order chi connectivity index (χ0) is 25.8. The SMILES string of the molecule is CN1c2ccccc2Sc2c(CN3C(=O)c4ccc(C(C)(C)O[Si]C(C)(C)C)cc4C3=O)cccc21. The predicted molar refractivity (Wildman–Crippen MR) is 145 cm³/mol. The summed E-state index contributed by atoms with van der Waals surface area (Å²) in [6.07, 6.45) is 0. The summed E-state index contributed by atoms with van der Waals surface area (Å²) in [6, 6.07) is 19.9. The number of imide groups is 1. The van der Waals surface area contributed by atoms with Gasteiger partial charge in [0.1, 0.15) is 0 Å². The topological polar surface area (TPSA) is 49.9 Å². The molecule has 2 radical (unpaired) electrons. The molecule has 184 valence electrons. The maximum absolute atomic E-state index is 13.5. The highest BCUT2D eigenvalue weighted by Crippen LogP contribution is 2.49. The van der Waals surface area contributed by atoms with Crippen LogP contribution in [-0.2, 0) is 16.6 Å². The Kier molecular flexibility index (Phi) is 6.13. The summed E-state index contributed by atoms with van der Waals surface area (Å²) in [5, 5.41) is 0.0536. The van der Waals surface area contributed by atoms with Crippen LogP contribution >= 0.6 is 11.8 Å². The maximum Gasteiger partial charge on any atom is 0.261 e. The molecule has 0 unspecified atom stereocenters. The summed E-state index contributed by atoms with van der Waals surface area (Å²) in [5.74, 6) is -0.498. The average molecular weight is 515 g/mol. The largest absolute Gasteiger partial charge is 0.408 e. The molecule has 7 heteroatoms. The summed E-state index contributed by atoms with van der Waals surface area (Å²) >= 11 is 1.69. The molecule has 0 aliphatic carbocycles. The van der Waals surface area contributed by atoms with Crippen LogP contribution in [0.4, 0.5) is 11.4 Å². The van der Waals surface area contributed by atoms with E-state index in [2.05, 4.69) is 50.9 Å². The molecule has 0 bridgehead atoms. The van der Waals surface area contributed by atoms with E-state index < -0.39 is 5.60 Å². The molecule has 3 aromatic rings. The Hall–Kier alpha value is -2.87. The molecule has 0 saturated carbocycles. The minimum Gasteiger partial charge on any atom is -0.408 e. The number of hydrogen-bond donors (Lipinski definition) is 0. The maximum atomic E-state index is 13.5. The predicted octanol–water partition coefficient (Wildman–Crippen LogP) is 6.80.